The second-order valence-corrected chi connectivity index (χ2v) is 4.22. The van der Waals surface area contributed by atoms with Crippen molar-refractivity contribution in [1.82, 2.24) is 19.7 Å². The Morgan fingerprint density at radius 3 is 2.53 bits per heavy atom. The minimum Gasteiger partial charge on any atom is -0.223 e. The van der Waals surface area contributed by atoms with Crippen molar-refractivity contribution in [2.75, 3.05) is 0 Å². The average Bonchev–Trinajstić information content (AvgIpc) is 2.70. The summed E-state index contributed by atoms with van der Waals surface area (Å²) >= 11 is 5.87. The van der Waals surface area contributed by atoms with E-state index in [-0.39, 0.29) is 5.28 Å². The molecule has 0 fully saturated rings. The summed E-state index contributed by atoms with van der Waals surface area (Å²) in [6.07, 6.45) is 1.82. The molecule has 5 heteroatoms. The molecule has 0 aliphatic carbocycles. The third-order valence-corrected chi connectivity index (χ3v) is 2.76. The highest BCUT2D eigenvalue weighted by molar-refractivity contribution is 6.28. The van der Waals surface area contributed by atoms with Gasteiger partial charge in [0.2, 0.25) is 5.28 Å². The fourth-order valence-corrected chi connectivity index (χ4v) is 1.94. The second-order valence-electron chi connectivity index (χ2n) is 3.88. The van der Waals surface area contributed by atoms with Gasteiger partial charge in [-0.05, 0) is 37.4 Å². The first kappa shape index (κ1) is 12.0. The molecule has 0 spiro atoms. The molecule has 0 bridgehead atoms. The first-order chi connectivity index (χ1) is 8.13. The monoisotopic (exact) mass is 250 g/mol. The number of aryl methyl sites for hydroxylation is 3. The van der Waals surface area contributed by atoms with Gasteiger partial charge in [0.25, 0.3) is 0 Å². The Balaban J connectivity index is 2.54. The predicted molar refractivity (Wildman–Crippen MR) is 67.7 cm³/mol. The van der Waals surface area contributed by atoms with Crippen LogP contribution in [0.3, 0.4) is 0 Å². The molecule has 0 amide bonds. The molecule has 0 aliphatic heterocycles. The van der Waals surface area contributed by atoms with Crippen LogP contribution in [-0.4, -0.2) is 19.7 Å². The lowest BCUT2D eigenvalue weighted by Gasteiger charge is -2.05. The van der Waals surface area contributed by atoms with Crippen LogP contribution in [0, 0.1) is 6.92 Å². The van der Waals surface area contributed by atoms with E-state index in [2.05, 4.69) is 35.0 Å². The third-order valence-electron chi connectivity index (χ3n) is 2.59. The lowest BCUT2D eigenvalue weighted by Crippen LogP contribution is -2.05. The maximum atomic E-state index is 5.87. The zero-order valence-corrected chi connectivity index (χ0v) is 11.0. The van der Waals surface area contributed by atoms with Crippen molar-refractivity contribution in [1.29, 1.82) is 0 Å². The standard InChI is InChI=1S/C12H15ClN4/c1-4-9-7-10(5-2)17(16-9)11-6-8(3)14-12(13)15-11/h6-7H,4-5H2,1-3H3. The summed E-state index contributed by atoms with van der Waals surface area (Å²) in [7, 11) is 0. The van der Waals surface area contributed by atoms with E-state index in [1.807, 2.05) is 17.7 Å². The number of nitrogens with zero attached hydrogens (tertiary/aromatic N) is 4. The van der Waals surface area contributed by atoms with Crippen molar-refractivity contribution in [3.05, 3.63) is 34.5 Å². The van der Waals surface area contributed by atoms with Crippen LogP contribution >= 0.6 is 11.6 Å². The Labute approximate surface area is 106 Å². The van der Waals surface area contributed by atoms with Crippen LogP contribution in [0.1, 0.15) is 30.9 Å². The van der Waals surface area contributed by atoms with Crippen molar-refractivity contribution in [3.8, 4) is 5.82 Å². The SMILES string of the molecule is CCc1cc(CC)n(-c2cc(C)nc(Cl)n2)n1. The topological polar surface area (TPSA) is 43.6 Å². The highest BCUT2D eigenvalue weighted by Crippen LogP contribution is 2.14. The molecule has 0 N–H and O–H groups in total. The van der Waals surface area contributed by atoms with Crippen molar-refractivity contribution in [2.45, 2.75) is 33.6 Å². The molecule has 2 heterocycles. The minimum absolute atomic E-state index is 0.260. The molecule has 17 heavy (non-hydrogen) atoms. The molecular weight excluding hydrogens is 236 g/mol. The quantitative estimate of drug-likeness (QED) is 0.787. The predicted octanol–water partition coefficient (Wildman–Crippen LogP) is 2.75. The first-order valence-corrected chi connectivity index (χ1v) is 6.11. The molecule has 0 saturated heterocycles. The molecule has 0 atom stereocenters. The fourth-order valence-electron chi connectivity index (χ4n) is 1.72. The maximum Gasteiger partial charge on any atom is 0.224 e. The molecule has 2 rings (SSSR count). The zero-order chi connectivity index (χ0) is 12.4. The van der Waals surface area contributed by atoms with E-state index in [4.69, 9.17) is 11.6 Å². The number of hydrogen-bond donors (Lipinski definition) is 0. The van der Waals surface area contributed by atoms with Crippen LogP contribution in [-0.2, 0) is 12.8 Å². The Morgan fingerprint density at radius 1 is 1.18 bits per heavy atom. The fraction of sp³-hybridized carbons (Fsp3) is 0.417. The molecular formula is C12H15ClN4. The lowest BCUT2D eigenvalue weighted by molar-refractivity contribution is 0.766. The van der Waals surface area contributed by atoms with E-state index >= 15 is 0 Å². The van der Waals surface area contributed by atoms with Gasteiger partial charge in [-0.25, -0.2) is 9.67 Å². The number of hydrogen-bond acceptors (Lipinski definition) is 3. The molecule has 4 nitrogen and oxygen atoms in total. The highest BCUT2D eigenvalue weighted by atomic mass is 35.5. The summed E-state index contributed by atoms with van der Waals surface area (Å²) in [5, 5.41) is 4.78. The van der Waals surface area contributed by atoms with Crippen molar-refractivity contribution < 1.29 is 0 Å². The van der Waals surface area contributed by atoms with Gasteiger partial charge < -0.3 is 0 Å². The number of rotatable bonds is 3. The van der Waals surface area contributed by atoms with E-state index in [1.165, 1.54) is 0 Å². The van der Waals surface area contributed by atoms with Gasteiger partial charge in [-0.1, -0.05) is 13.8 Å². The summed E-state index contributed by atoms with van der Waals surface area (Å²) in [5.74, 6) is 0.735. The number of halogens is 1. The molecule has 2 aromatic rings. The van der Waals surface area contributed by atoms with Gasteiger partial charge in [-0.3, -0.25) is 0 Å². The smallest absolute Gasteiger partial charge is 0.223 e. The van der Waals surface area contributed by atoms with Crippen molar-refractivity contribution >= 4 is 11.6 Å². The van der Waals surface area contributed by atoms with E-state index < -0.39 is 0 Å². The van der Waals surface area contributed by atoms with Crippen LogP contribution in [0.2, 0.25) is 5.28 Å². The van der Waals surface area contributed by atoms with Crippen LogP contribution in [0.4, 0.5) is 0 Å². The van der Waals surface area contributed by atoms with Gasteiger partial charge >= 0.3 is 0 Å². The summed E-state index contributed by atoms with van der Waals surface area (Å²) in [4.78, 5) is 8.27. The average molecular weight is 251 g/mol. The molecule has 0 saturated carbocycles. The van der Waals surface area contributed by atoms with Crippen LogP contribution in [0.5, 0.6) is 0 Å². The largest absolute Gasteiger partial charge is 0.224 e. The third kappa shape index (κ3) is 2.47. The van der Waals surface area contributed by atoms with Gasteiger partial charge in [-0.15, -0.1) is 0 Å². The zero-order valence-electron chi connectivity index (χ0n) is 10.2. The van der Waals surface area contributed by atoms with Crippen LogP contribution in [0.15, 0.2) is 12.1 Å². The van der Waals surface area contributed by atoms with E-state index in [0.717, 1.165) is 35.7 Å². The number of aromatic nitrogens is 4. The van der Waals surface area contributed by atoms with Crippen molar-refractivity contribution in [3.63, 3.8) is 0 Å². The van der Waals surface area contributed by atoms with Crippen molar-refractivity contribution in [2.24, 2.45) is 0 Å². The van der Waals surface area contributed by atoms with E-state index in [9.17, 15) is 0 Å². The Bertz CT molecular complexity index is 513. The molecule has 0 radical (unpaired) electrons. The van der Waals surface area contributed by atoms with Gasteiger partial charge in [-0.2, -0.15) is 10.1 Å². The van der Waals surface area contributed by atoms with Gasteiger partial charge in [0, 0.05) is 17.5 Å². The minimum atomic E-state index is 0.260. The van der Waals surface area contributed by atoms with E-state index in [0.29, 0.717) is 0 Å². The summed E-state index contributed by atoms with van der Waals surface area (Å²) in [5.41, 5.74) is 3.04. The van der Waals surface area contributed by atoms with Gasteiger partial charge in [0.1, 0.15) is 0 Å². The first-order valence-electron chi connectivity index (χ1n) is 5.73. The maximum absolute atomic E-state index is 5.87. The highest BCUT2D eigenvalue weighted by Gasteiger charge is 2.09. The lowest BCUT2D eigenvalue weighted by atomic mass is 10.2. The van der Waals surface area contributed by atoms with E-state index in [1.54, 1.807) is 0 Å². The Kier molecular flexibility index (Phi) is 3.43. The molecule has 0 aliphatic rings. The Morgan fingerprint density at radius 2 is 1.94 bits per heavy atom. The molecule has 0 aromatic carbocycles. The summed E-state index contributed by atoms with van der Waals surface area (Å²) < 4.78 is 1.85. The van der Waals surface area contributed by atoms with Gasteiger partial charge in [0.05, 0.1) is 5.69 Å². The summed E-state index contributed by atoms with van der Waals surface area (Å²) in [6.45, 7) is 6.08. The van der Waals surface area contributed by atoms with Gasteiger partial charge in [0.15, 0.2) is 5.82 Å². The van der Waals surface area contributed by atoms with Crippen LogP contribution in [0.25, 0.3) is 5.82 Å². The summed E-state index contributed by atoms with van der Waals surface area (Å²) in [6, 6.07) is 3.99. The Hall–Kier alpha value is -1.42. The second kappa shape index (κ2) is 4.84. The normalized spacial score (nSPS) is 10.8. The molecule has 0 unspecified atom stereocenters. The molecule has 2 aromatic heterocycles. The molecule has 90 valence electrons. The van der Waals surface area contributed by atoms with Crippen LogP contribution < -0.4 is 0 Å².